The van der Waals surface area contributed by atoms with Crippen LogP contribution in [0.25, 0.3) is 10.8 Å². The minimum Gasteiger partial charge on any atom is -0.468 e. The Bertz CT molecular complexity index is 1030. The van der Waals surface area contributed by atoms with Gasteiger partial charge >= 0.3 is 0 Å². The fourth-order valence-electron chi connectivity index (χ4n) is 2.93. The van der Waals surface area contributed by atoms with Crippen molar-refractivity contribution in [1.82, 2.24) is 20.0 Å². The van der Waals surface area contributed by atoms with E-state index in [0.717, 1.165) is 5.76 Å². The van der Waals surface area contributed by atoms with Crippen LogP contribution in [0.5, 0.6) is 0 Å². The van der Waals surface area contributed by atoms with Crippen LogP contribution in [0.1, 0.15) is 18.2 Å². The number of nitrogens with zero attached hydrogens (tertiary/aromatic N) is 2. The van der Waals surface area contributed by atoms with Crippen molar-refractivity contribution in [3.63, 3.8) is 0 Å². The topological polar surface area (TPSA) is 100 Å². The number of nitrogens with one attached hydrogen (secondary N) is 2. The van der Waals surface area contributed by atoms with E-state index >= 15 is 0 Å². The molecule has 0 fully saturated rings. The number of H-pyrrole nitrogens is 1. The van der Waals surface area contributed by atoms with Crippen LogP contribution in [-0.4, -0.2) is 41.2 Å². The highest BCUT2D eigenvalue weighted by molar-refractivity contribution is 5.80. The number of amides is 1. The first-order valence-electron chi connectivity index (χ1n) is 8.65. The Hall–Kier alpha value is -3.13. The molecule has 0 spiro atoms. The molecule has 3 rings (SSSR count). The fourth-order valence-corrected chi connectivity index (χ4v) is 2.93. The van der Waals surface area contributed by atoms with Crippen molar-refractivity contribution in [1.29, 1.82) is 0 Å². The van der Waals surface area contributed by atoms with E-state index in [1.165, 1.54) is 4.68 Å². The molecule has 0 aliphatic heterocycles. The first-order chi connectivity index (χ1) is 13.0. The zero-order valence-electron chi connectivity index (χ0n) is 15.3. The number of benzene rings is 1. The molecular weight excluding hydrogens is 348 g/mol. The number of fused-ring (bicyclic) bond motifs is 1. The minimum atomic E-state index is -0.351. The molecule has 0 bridgehead atoms. The van der Waals surface area contributed by atoms with Crippen LogP contribution < -0.4 is 16.4 Å². The Morgan fingerprint density at radius 2 is 1.93 bits per heavy atom. The second-order valence-electron chi connectivity index (χ2n) is 6.49. The van der Waals surface area contributed by atoms with E-state index in [2.05, 4.69) is 10.4 Å². The van der Waals surface area contributed by atoms with Gasteiger partial charge in [-0.25, -0.2) is 4.68 Å². The molecule has 142 valence electrons. The van der Waals surface area contributed by atoms with Crippen molar-refractivity contribution >= 4 is 16.7 Å². The standard InChI is InChI=1S/C19H22N4O4/c1-22(2)15(16-8-5-11-27-16)12-20-17(24)9-10-23-19(26)14-7-4-3-6-13(14)18(25)21-23/h3-8,11,15H,9-10,12H2,1-2H3,(H,20,24)(H,21,25). The summed E-state index contributed by atoms with van der Waals surface area (Å²) in [6, 6.07) is 10.2. The van der Waals surface area contributed by atoms with Gasteiger partial charge in [-0.1, -0.05) is 12.1 Å². The summed E-state index contributed by atoms with van der Waals surface area (Å²) < 4.78 is 6.59. The molecule has 2 aromatic heterocycles. The molecule has 0 aliphatic rings. The van der Waals surface area contributed by atoms with Gasteiger partial charge in [-0.2, -0.15) is 0 Å². The molecule has 0 saturated heterocycles. The molecule has 0 aliphatic carbocycles. The Balaban J connectivity index is 1.64. The van der Waals surface area contributed by atoms with Crippen LogP contribution in [0, 0.1) is 0 Å². The molecule has 27 heavy (non-hydrogen) atoms. The Kier molecular flexibility index (Phi) is 5.56. The highest BCUT2D eigenvalue weighted by Crippen LogP contribution is 2.17. The highest BCUT2D eigenvalue weighted by Gasteiger charge is 2.18. The van der Waals surface area contributed by atoms with Crippen LogP contribution in [0.3, 0.4) is 0 Å². The Morgan fingerprint density at radius 3 is 2.59 bits per heavy atom. The van der Waals surface area contributed by atoms with Crippen molar-refractivity contribution in [3.05, 3.63) is 69.1 Å². The lowest BCUT2D eigenvalue weighted by molar-refractivity contribution is -0.121. The lowest BCUT2D eigenvalue weighted by atomic mass is 10.2. The second-order valence-corrected chi connectivity index (χ2v) is 6.49. The normalized spacial score (nSPS) is 12.4. The van der Waals surface area contributed by atoms with Crippen LogP contribution >= 0.6 is 0 Å². The molecule has 1 aromatic carbocycles. The first kappa shape index (κ1) is 18.7. The number of carbonyl (C=O) groups is 1. The summed E-state index contributed by atoms with van der Waals surface area (Å²) in [5.74, 6) is 0.546. The van der Waals surface area contributed by atoms with Gasteiger partial charge in [0, 0.05) is 13.0 Å². The summed E-state index contributed by atoms with van der Waals surface area (Å²) in [4.78, 5) is 38.7. The van der Waals surface area contributed by atoms with Gasteiger partial charge < -0.3 is 9.73 Å². The molecule has 8 heteroatoms. The van der Waals surface area contributed by atoms with Gasteiger partial charge in [-0.15, -0.1) is 0 Å². The number of aromatic amines is 1. The molecule has 0 radical (unpaired) electrons. The van der Waals surface area contributed by atoms with Gasteiger partial charge in [0.1, 0.15) is 5.76 Å². The summed E-state index contributed by atoms with van der Waals surface area (Å²) in [6.07, 6.45) is 1.67. The number of rotatable bonds is 7. The van der Waals surface area contributed by atoms with Crippen molar-refractivity contribution in [2.45, 2.75) is 19.0 Å². The van der Waals surface area contributed by atoms with Crippen LogP contribution in [0.2, 0.25) is 0 Å². The molecule has 0 saturated carbocycles. The molecule has 2 N–H and O–H groups in total. The van der Waals surface area contributed by atoms with Gasteiger partial charge in [0.2, 0.25) is 5.91 Å². The number of furan rings is 1. The van der Waals surface area contributed by atoms with Crippen LogP contribution in [0.15, 0.2) is 56.7 Å². The van der Waals surface area contributed by atoms with Crippen molar-refractivity contribution in [2.24, 2.45) is 0 Å². The van der Waals surface area contributed by atoms with Crippen molar-refractivity contribution < 1.29 is 9.21 Å². The van der Waals surface area contributed by atoms with E-state index in [0.29, 0.717) is 17.3 Å². The largest absolute Gasteiger partial charge is 0.468 e. The smallest absolute Gasteiger partial charge is 0.273 e. The molecular formula is C19H22N4O4. The first-order valence-corrected chi connectivity index (χ1v) is 8.65. The van der Waals surface area contributed by atoms with E-state index in [-0.39, 0.29) is 36.0 Å². The molecule has 1 unspecified atom stereocenters. The van der Waals surface area contributed by atoms with Crippen LogP contribution in [-0.2, 0) is 11.3 Å². The lowest BCUT2D eigenvalue weighted by Crippen LogP contribution is -2.36. The maximum atomic E-state index is 12.4. The quantitative estimate of drug-likeness (QED) is 0.648. The van der Waals surface area contributed by atoms with Crippen molar-refractivity contribution in [3.8, 4) is 0 Å². The van der Waals surface area contributed by atoms with E-state index in [1.807, 2.05) is 25.1 Å². The second kappa shape index (κ2) is 8.05. The number of aryl methyl sites for hydroxylation is 1. The maximum absolute atomic E-state index is 12.4. The average Bonchev–Trinajstić information content (AvgIpc) is 3.18. The van der Waals surface area contributed by atoms with E-state index < -0.39 is 0 Å². The predicted molar refractivity (Wildman–Crippen MR) is 102 cm³/mol. The molecule has 8 nitrogen and oxygen atoms in total. The average molecular weight is 370 g/mol. The summed E-state index contributed by atoms with van der Waals surface area (Å²) in [6.45, 7) is 0.473. The summed E-state index contributed by atoms with van der Waals surface area (Å²) in [5, 5.41) is 6.05. The predicted octanol–water partition coefficient (Wildman–Crippen LogP) is 1.09. The van der Waals surface area contributed by atoms with Crippen LogP contribution in [0.4, 0.5) is 0 Å². The third kappa shape index (κ3) is 4.17. The lowest BCUT2D eigenvalue weighted by Gasteiger charge is -2.22. The Labute approximate surface area is 155 Å². The minimum absolute atomic E-state index is 0.0759. The molecule has 3 aromatic rings. The summed E-state index contributed by atoms with van der Waals surface area (Å²) >= 11 is 0. The van der Waals surface area contributed by atoms with E-state index in [4.69, 9.17) is 4.42 Å². The maximum Gasteiger partial charge on any atom is 0.273 e. The van der Waals surface area contributed by atoms with Gasteiger partial charge in [-0.3, -0.25) is 24.4 Å². The number of aromatic nitrogens is 2. The fraction of sp³-hybridized carbons (Fsp3) is 0.316. The summed E-state index contributed by atoms with van der Waals surface area (Å²) in [5.41, 5.74) is -0.671. The zero-order valence-corrected chi connectivity index (χ0v) is 15.3. The molecule has 1 amide bonds. The monoisotopic (exact) mass is 370 g/mol. The van der Waals surface area contributed by atoms with Crippen molar-refractivity contribution in [2.75, 3.05) is 20.6 Å². The molecule has 2 heterocycles. The van der Waals surface area contributed by atoms with E-state index in [9.17, 15) is 14.4 Å². The third-order valence-corrected chi connectivity index (χ3v) is 4.43. The summed E-state index contributed by atoms with van der Waals surface area (Å²) in [7, 11) is 3.80. The number of likely N-dealkylation sites (N-methyl/N-ethyl adjacent to an activating group) is 1. The van der Waals surface area contributed by atoms with Gasteiger partial charge in [0.05, 0.1) is 29.6 Å². The van der Waals surface area contributed by atoms with Gasteiger partial charge in [0.25, 0.3) is 11.1 Å². The third-order valence-electron chi connectivity index (χ3n) is 4.43. The molecule has 1 atom stereocenters. The number of hydrogen-bond acceptors (Lipinski definition) is 5. The Morgan fingerprint density at radius 1 is 1.19 bits per heavy atom. The van der Waals surface area contributed by atoms with Gasteiger partial charge in [-0.05, 0) is 38.4 Å². The number of hydrogen-bond donors (Lipinski definition) is 2. The zero-order chi connectivity index (χ0) is 19.4. The number of carbonyl (C=O) groups excluding carboxylic acids is 1. The van der Waals surface area contributed by atoms with E-state index in [1.54, 1.807) is 36.6 Å². The highest BCUT2D eigenvalue weighted by atomic mass is 16.3. The van der Waals surface area contributed by atoms with Gasteiger partial charge in [0.15, 0.2) is 0 Å². The SMILES string of the molecule is CN(C)C(CNC(=O)CCn1[nH]c(=O)c2ccccc2c1=O)c1ccco1.